The smallest absolute Gasteiger partial charge is 0.258 e. The zero-order chi connectivity index (χ0) is 17.0. The standard InChI is InChI=1S/C14H9N3O6/c18-15(19)12-6-2-10(3-7-12)1-4-11-5-8-13(16(20)21)9-14(11)17(22)23/h1-9H/b4-1+. The molecule has 116 valence electrons. The van der Waals surface area contributed by atoms with E-state index in [1.807, 2.05) is 0 Å². The first-order chi connectivity index (χ1) is 10.9. The van der Waals surface area contributed by atoms with Crippen LogP contribution < -0.4 is 0 Å². The fourth-order valence-electron chi connectivity index (χ4n) is 1.84. The molecule has 0 atom stereocenters. The van der Waals surface area contributed by atoms with Crippen molar-refractivity contribution in [2.45, 2.75) is 0 Å². The van der Waals surface area contributed by atoms with Crippen molar-refractivity contribution in [3.63, 3.8) is 0 Å². The summed E-state index contributed by atoms with van der Waals surface area (Å²) < 4.78 is 0. The first kappa shape index (κ1) is 15.8. The SMILES string of the molecule is O=[N+]([O-])c1ccc(/C=C/c2ccc([N+](=O)[O-])cc2[N+](=O)[O-])cc1. The molecule has 2 aromatic rings. The molecule has 2 aromatic carbocycles. The Hall–Kier alpha value is -3.62. The molecule has 0 aliphatic carbocycles. The first-order valence-corrected chi connectivity index (χ1v) is 6.24. The number of non-ortho nitro benzene ring substituents is 2. The van der Waals surface area contributed by atoms with Gasteiger partial charge in [-0.05, 0) is 29.8 Å². The Balaban J connectivity index is 2.33. The van der Waals surface area contributed by atoms with Crippen LogP contribution in [0.1, 0.15) is 11.1 Å². The highest BCUT2D eigenvalue weighted by Gasteiger charge is 2.17. The van der Waals surface area contributed by atoms with Gasteiger partial charge in [0.2, 0.25) is 0 Å². The highest BCUT2D eigenvalue weighted by Crippen LogP contribution is 2.26. The van der Waals surface area contributed by atoms with Gasteiger partial charge in [0.15, 0.2) is 0 Å². The van der Waals surface area contributed by atoms with Crippen molar-refractivity contribution in [3.8, 4) is 0 Å². The Labute approximate surface area is 128 Å². The van der Waals surface area contributed by atoms with Crippen molar-refractivity contribution in [1.29, 1.82) is 0 Å². The molecule has 23 heavy (non-hydrogen) atoms. The molecule has 9 nitrogen and oxygen atoms in total. The maximum atomic E-state index is 11.0. The van der Waals surface area contributed by atoms with Crippen LogP contribution in [0.2, 0.25) is 0 Å². The van der Waals surface area contributed by atoms with E-state index in [0.29, 0.717) is 5.56 Å². The molecule has 0 saturated carbocycles. The highest BCUT2D eigenvalue weighted by atomic mass is 16.6. The molecule has 0 bridgehead atoms. The van der Waals surface area contributed by atoms with Gasteiger partial charge in [-0.3, -0.25) is 30.3 Å². The topological polar surface area (TPSA) is 129 Å². The summed E-state index contributed by atoms with van der Waals surface area (Å²) in [4.78, 5) is 30.3. The van der Waals surface area contributed by atoms with Gasteiger partial charge in [-0.25, -0.2) is 0 Å². The summed E-state index contributed by atoms with van der Waals surface area (Å²) in [5.41, 5.74) is -0.0350. The minimum atomic E-state index is -0.711. The second-order valence-electron chi connectivity index (χ2n) is 4.44. The summed E-state index contributed by atoms with van der Waals surface area (Å²) in [6.45, 7) is 0. The fourth-order valence-corrected chi connectivity index (χ4v) is 1.84. The number of nitrogens with zero attached hydrogens (tertiary/aromatic N) is 3. The zero-order valence-corrected chi connectivity index (χ0v) is 11.5. The van der Waals surface area contributed by atoms with E-state index >= 15 is 0 Å². The third-order valence-corrected chi connectivity index (χ3v) is 2.98. The van der Waals surface area contributed by atoms with E-state index in [-0.39, 0.29) is 16.9 Å². The summed E-state index contributed by atoms with van der Waals surface area (Å²) in [6, 6.07) is 8.93. The van der Waals surface area contributed by atoms with Crippen molar-refractivity contribution in [3.05, 3.63) is 83.9 Å². The number of hydrogen-bond donors (Lipinski definition) is 0. The minimum Gasteiger partial charge on any atom is -0.258 e. The lowest BCUT2D eigenvalue weighted by atomic mass is 10.1. The minimum absolute atomic E-state index is 0.0662. The van der Waals surface area contributed by atoms with Crippen molar-refractivity contribution in [1.82, 2.24) is 0 Å². The predicted octanol–water partition coefficient (Wildman–Crippen LogP) is 3.58. The Morgan fingerprint density at radius 2 is 1.26 bits per heavy atom. The molecule has 0 aliphatic heterocycles. The summed E-state index contributed by atoms with van der Waals surface area (Å²) in [5.74, 6) is 0. The van der Waals surface area contributed by atoms with Crippen molar-refractivity contribution in [2.75, 3.05) is 0 Å². The van der Waals surface area contributed by atoms with Crippen LogP contribution in [-0.4, -0.2) is 14.8 Å². The maximum absolute atomic E-state index is 11.0. The quantitative estimate of drug-likeness (QED) is 0.471. The number of benzene rings is 2. The second-order valence-corrected chi connectivity index (χ2v) is 4.44. The fraction of sp³-hybridized carbons (Fsp3) is 0. The van der Waals surface area contributed by atoms with Crippen LogP contribution in [0.15, 0.2) is 42.5 Å². The lowest BCUT2D eigenvalue weighted by Crippen LogP contribution is -1.94. The Kier molecular flexibility index (Phi) is 4.41. The van der Waals surface area contributed by atoms with Gasteiger partial charge < -0.3 is 0 Å². The van der Waals surface area contributed by atoms with E-state index in [9.17, 15) is 30.3 Å². The van der Waals surface area contributed by atoms with Gasteiger partial charge >= 0.3 is 0 Å². The van der Waals surface area contributed by atoms with Gasteiger partial charge in [-0.15, -0.1) is 0 Å². The summed E-state index contributed by atoms with van der Waals surface area (Å²) in [6.07, 6.45) is 2.95. The van der Waals surface area contributed by atoms with Gasteiger partial charge in [-0.1, -0.05) is 6.08 Å². The molecule has 0 fully saturated rings. The third kappa shape index (κ3) is 3.73. The van der Waals surface area contributed by atoms with Gasteiger partial charge in [0.05, 0.1) is 26.4 Å². The zero-order valence-electron chi connectivity index (χ0n) is 11.5. The summed E-state index contributed by atoms with van der Waals surface area (Å²) in [5, 5.41) is 32.2. The van der Waals surface area contributed by atoms with E-state index < -0.39 is 20.5 Å². The van der Waals surface area contributed by atoms with E-state index in [4.69, 9.17) is 0 Å². The van der Waals surface area contributed by atoms with Crippen LogP contribution in [0.4, 0.5) is 17.1 Å². The molecule has 0 unspecified atom stereocenters. The van der Waals surface area contributed by atoms with Crippen LogP contribution in [0, 0.1) is 30.3 Å². The Morgan fingerprint density at radius 1 is 0.696 bits per heavy atom. The molecule has 0 radical (unpaired) electrons. The lowest BCUT2D eigenvalue weighted by Gasteiger charge is -1.98. The van der Waals surface area contributed by atoms with Gasteiger partial charge in [0.25, 0.3) is 17.1 Å². The monoisotopic (exact) mass is 315 g/mol. The highest BCUT2D eigenvalue weighted by molar-refractivity contribution is 5.75. The second kappa shape index (κ2) is 6.43. The maximum Gasteiger partial charge on any atom is 0.283 e. The average molecular weight is 315 g/mol. The molecule has 0 saturated heterocycles. The largest absolute Gasteiger partial charge is 0.283 e. The molecule has 9 heteroatoms. The van der Waals surface area contributed by atoms with Crippen LogP contribution in [0.25, 0.3) is 12.2 Å². The van der Waals surface area contributed by atoms with E-state index in [1.165, 1.54) is 48.6 Å². The molecule has 0 N–H and O–H groups in total. The molecule has 0 aliphatic rings. The first-order valence-electron chi connectivity index (χ1n) is 6.24. The number of rotatable bonds is 5. The predicted molar refractivity (Wildman–Crippen MR) is 81.8 cm³/mol. The molecule has 0 amide bonds. The normalized spacial score (nSPS) is 10.6. The van der Waals surface area contributed by atoms with Gasteiger partial charge in [0.1, 0.15) is 0 Å². The molecular formula is C14H9N3O6. The third-order valence-electron chi connectivity index (χ3n) is 2.98. The van der Waals surface area contributed by atoms with E-state index in [1.54, 1.807) is 0 Å². The summed E-state index contributed by atoms with van der Waals surface area (Å²) in [7, 11) is 0. The van der Waals surface area contributed by atoms with E-state index in [0.717, 1.165) is 6.07 Å². The Morgan fingerprint density at radius 3 is 1.78 bits per heavy atom. The molecule has 0 heterocycles. The van der Waals surface area contributed by atoms with Crippen molar-refractivity contribution in [2.24, 2.45) is 0 Å². The average Bonchev–Trinajstić information content (AvgIpc) is 2.52. The number of nitro benzene ring substituents is 3. The molecule has 0 spiro atoms. The molecule has 2 rings (SSSR count). The summed E-state index contributed by atoms with van der Waals surface area (Å²) >= 11 is 0. The van der Waals surface area contributed by atoms with Crippen LogP contribution in [0.3, 0.4) is 0 Å². The Bertz CT molecular complexity index is 814. The van der Waals surface area contributed by atoms with Gasteiger partial charge in [-0.2, -0.15) is 0 Å². The van der Waals surface area contributed by atoms with Crippen LogP contribution >= 0.6 is 0 Å². The van der Waals surface area contributed by atoms with Crippen molar-refractivity contribution < 1.29 is 14.8 Å². The van der Waals surface area contributed by atoms with E-state index in [2.05, 4.69) is 0 Å². The van der Waals surface area contributed by atoms with Crippen molar-refractivity contribution >= 4 is 29.2 Å². The van der Waals surface area contributed by atoms with Crippen LogP contribution in [0.5, 0.6) is 0 Å². The lowest BCUT2D eigenvalue weighted by molar-refractivity contribution is -0.394. The molecular weight excluding hydrogens is 306 g/mol. The van der Waals surface area contributed by atoms with Crippen LogP contribution in [-0.2, 0) is 0 Å². The number of nitro groups is 3. The molecule has 0 aromatic heterocycles. The van der Waals surface area contributed by atoms with Gasteiger partial charge in [0, 0.05) is 18.2 Å². The number of hydrogen-bond acceptors (Lipinski definition) is 6.